The van der Waals surface area contributed by atoms with Gasteiger partial charge in [-0.1, -0.05) is 36.5 Å². The zero-order valence-corrected chi connectivity index (χ0v) is 11.9. The molecule has 0 aliphatic carbocycles. The summed E-state index contributed by atoms with van der Waals surface area (Å²) < 4.78 is 0. The lowest BCUT2D eigenvalue weighted by Gasteiger charge is -2.08. The number of hydrogen-bond acceptors (Lipinski definition) is 4. The van der Waals surface area contributed by atoms with Gasteiger partial charge in [-0.15, -0.1) is 0 Å². The predicted octanol–water partition coefficient (Wildman–Crippen LogP) is 1.66. The van der Waals surface area contributed by atoms with Gasteiger partial charge in [0.25, 0.3) is 5.91 Å². The van der Waals surface area contributed by atoms with Crippen LogP contribution in [-0.4, -0.2) is 21.1 Å². The fraction of sp³-hybridized carbons (Fsp3) is 0.0667. The van der Waals surface area contributed by atoms with E-state index in [2.05, 4.69) is 5.32 Å². The Bertz CT molecular complexity index is 684. The topological polar surface area (TPSA) is 95.6 Å². The summed E-state index contributed by atoms with van der Waals surface area (Å²) in [4.78, 5) is 12.3. The van der Waals surface area contributed by atoms with E-state index in [1.165, 1.54) is 18.2 Å². The van der Waals surface area contributed by atoms with E-state index in [1.807, 2.05) is 0 Å². The second kappa shape index (κ2) is 6.23. The minimum Gasteiger partial charge on any atom is -0.508 e. The summed E-state index contributed by atoms with van der Waals surface area (Å²) in [6.07, 6.45) is 0. The summed E-state index contributed by atoms with van der Waals surface area (Å²) in [7, 11) is 0. The number of hydrogen-bond donors (Lipinski definition) is 4. The maximum absolute atomic E-state index is 11.9. The van der Waals surface area contributed by atoms with Gasteiger partial charge >= 0.3 is 0 Å². The van der Waals surface area contributed by atoms with Crippen molar-refractivity contribution in [2.75, 3.05) is 0 Å². The molecule has 2 aromatic carbocycles. The van der Waals surface area contributed by atoms with Crippen LogP contribution in [0.15, 0.2) is 42.5 Å². The number of phenolic OH excluding ortho intramolecular Hbond substituents is 2. The molecule has 108 valence electrons. The third-order valence-electron chi connectivity index (χ3n) is 2.92. The Kier molecular flexibility index (Phi) is 4.39. The van der Waals surface area contributed by atoms with Crippen molar-refractivity contribution in [3.8, 4) is 11.5 Å². The summed E-state index contributed by atoms with van der Waals surface area (Å²) in [6, 6.07) is 10.9. The van der Waals surface area contributed by atoms with Crippen molar-refractivity contribution in [1.29, 1.82) is 0 Å². The first-order valence-electron chi connectivity index (χ1n) is 6.16. The molecule has 6 heteroatoms. The van der Waals surface area contributed by atoms with Crippen molar-refractivity contribution in [1.82, 2.24) is 5.32 Å². The first-order chi connectivity index (χ1) is 9.97. The second-order valence-electron chi connectivity index (χ2n) is 4.45. The molecular weight excluding hydrogens is 288 g/mol. The van der Waals surface area contributed by atoms with E-state index >= 15 is 0 Å². The predicted molar refractivity (Wildman–Crippen MR) is 83.3 cm³/mol. The Morgan fingerprint density at radius 2 is 1.81 bits per heavy atom. The monoisotopic (exact) mass is 302 g/mol. The summed E-state index contributed by atoms with van der Waals surface area (Å²) in [5.74, 6) is -0.741. The normalized spacial score (nSPS) is 10.1. The lowest BCUT2D eigenvalue weighted by atomic mass is 10.1. The first-order valence-corrected chi connectivity index (χ1v) is 6.57. The molecule has 0 radical (unpaired) electrons. The van der Waals surface area contributed by atoms with E-state index < -0.39 is 5.91 Å². The average molecular weight is 302 g/mol. The Hall–Kier alpha value is -2.60. The first kappa shape index (κ1) is 14.8. The van der Waals surface area contributed by atoms with Crippen molar-refractivity contribution in [3.63, 3.8) is 0 Å². The number of amides is 1. The highest BCUT2D eigenvalue weighted by atomic mass is 32.1. The van der Waals surface area contributed by atoms with Crippen LogP contribution in [0.1, 0.15) is 21.5 Å². The summed E-state index contributed by atoms with van der Waals surface area (Å²) >= 11 is 4.86. The van der Waals surface area contributed by atoms with Crippen LogP contribution < -0.4 is 11.1 Å². The van der Waals surface area contributed by atoms with E-state index in [0.29, 0.717) is 4.99 Å². The molecule has 5 N–H and O–H groups in total. The molecule has 0 spiro atoms. The maximum Gasteiger partial charge on any atom is 0.255 e. The summed E-state index contributed by atoms with van der Waals surface area (Å²) in [6.45, 7) is 0.283. The van der Waals surface area contributed by atoms with Crippen LogP contribution in [-0.2, 0) is 6.54 Å². The van der Waals surface area contributed by atoms with E-state index in [-0.39, 0.29) is 23.6 Å². The number of aromatic hydroxyl groups is 2. The van der Waals surface area contributed by atoms with E-state index in [4.69, 9.17) is 18.0 Å². The second-order valence-corrected chi connectivity index (χ2v) is 4.89. The van der Waals surface area contributed by atoms with Crippen LogP contribution >= 0.6 is 12.2 Å². The van der Waals surface area contributed by atoms with Gasteiger partial charge in [0.05, 0.1) is 5.56 Å². The summed E-state index contributed by atoms with van der Waals surface area (Å²) in [5.41, 5.74) is 7.15. The summed E-state index contributed by atoms with van der Waals surface area (Å²) in [5, 5.41) is 21.6. The van der Waals surface area contributed by atoms with Crippen molar-refractivity contribution in [2.45, 2.75) is 6.54 Å². The molecule has 0 aromatic heterocycles. The maximum atomic E-state index is 11.9. The van der Waals surface area contributed by atoms with Gasteiger partial charge in [0.1, 0.15) is 16.5 Å². The van der Waals surface area contributed by atoms with Gasteiger partial charge in [0.2, 0.25) is 0 Å². The lowest BCUT2D eigenvalue weighted by Crippen LogP contribution is -2.22. The van der Waals surface area contributed by atoms with E-state index in [0.717, 1.165) is 11.1 Å². The average Bonchev–Trinajstić information content (AvgIpc) is 2.47. The fourth-order valence-electron chi connectivity index (χ4n) is 1.77. The number of thiocarbonyl (C=S) groups is 1. The lowest BCUT2D eigenvalue weighted by molar-refractivity contribution is 0.0948. The zero-order valence-electron chi connectivity index (χ0n) is 11.0. The molecule has 0 atom stereocenters. The molecule has 2 aromatic rings. The largest absolute Gasteiger partial charge is 0.508 e. The minimum absolute atomic E-state index is 0.0229. The molecule has 0 unspecified atom stereocenters. The third kappa shape index (κ3) is 3.70. The molecule has 0 bridgehead atoms. The number of benzene rings is 2. The number of rotatable bonds is 4. The number of nitrogens with two attached hydrogens (primary N) is 1. The number of nitrogens with one attached hydrogen (secondary N) is 1. The zero-order chi connectivity index (χ0) is 15.4. The van der Waals surface area contributed by atoms with Crippen LogP contribution in [0.4, 0.5) is 0 Å². The quantitative estimate of drug-likeness (QED) is 0.509. The third-order valence-corrected chi connectivity index (χ3v) is 3.15. The van der Waals surface area contributed by atoms with Crippen LogP contribution in [0.2, 0.25) is 0 Å². The van der Waals surface area contributed by atoms with Crippen molar-refractivity contribution in [2.24, 2.45) is 5.73 Å². The highest BCUT2D eigenvalue weighted by molar-refractivity contribution is 7.80. The fourth-order valence-corrected chi connectivity index (χ4v) is 1.91. The molecule has 5 nitrogen and oxygen atoms in total. The van der Waals surface area contributed by atoms with Gasteiger partial charge in [-0.3, -0.25) is 4.79 Å². The molecule has 0 saturated heterocycles. The van der Waals surface area contributed by atoms with Crippen LogP contribution in [0, 0.1) is 0 Å². The Labute approximate surface area is 127 Å². The smallest absolute Gasteiger partial charge is 0.255 e. The SMILES string of the molecule is NC(=S)c1ccc(CNC(=O)c2cc(O)ccc2O)cc1. The van der Waals surface area contributed by atoms with E-state index in [1.54, 1.807) is 24.3 Å². The van der Waals surface area contributed by atoms with Crippen molar-refractivity contribution in [3.05, 3.63) is 59.2 Å². The number of carbonyl (C=O) groups excluding carboxylic acids is 1. The minimum atomic E-state index is -0.471. The van der Waals surface area contributed by atoms with Gasteiger partial charge in [0, 0.05) is 12.1 Å². The Morgan fingerprint density at radius 3 is 2.43 bits per heavy atom. The van der Waals surface area contributed by atoms with Crippen LogP contribution in [0.5, 0.6) is 11.5 Å². The molecule has 21 heavy (non-hydrogen) atoms. The van der Waals surface area contributed by atoms with Gasteiger partial charge in [-0.05, 0) is 23.8 Å². The van der Waals surface area contributed by atoms with Gasteiger partial charge in [-0.2, -0.15) is 0 Å². The van der Waals surface area contributed by atoms with Crippen molar-refractivity contribution >= 4 is 23.1 Å². The molecule has 0 fully saturated rings. The number of carbonyl (C=O) groups is 1. The Balaban J connectivity index is 2.04. The van der Waals surface area contributed by atoms with Crippen LogP contribution in [0.3, 0.4) is 0 Å². The Morgan fingerprint density at radius 1 is 1.14 bits per heavy atom. The van der Waals surface area contributed by atoms with Crippen molar-refractivity contribution < 1.29 is 15.0 Å². The molecule has 1 amide bonds. The van der Waals surface area contributed by atoms with Crippen LogP contribution in [0.25, 0.3) is 0 Å². The van der Waals surface area contributed by atoms with Gasteiger partial charge in [-0.25, -0.2) is 0 Å². The molecule has 0 aliphatic heterocycles. The standard InChI is InChI=1S/C15H14N2O3S/c16-14(21)10-3-1-9(2-4-10)8-17-15(20)12-7-11(18)5-6-13(12)19/h1-7,18-19H,8H2,(H2,16,21)(H,17,20). The highest BCUT2D eigenvalue weighted by Gasteiger charge is 2.11. The molecule has 0 saturated carbocycles. The molecule has 0 heterocycles. The molecule has 2 rings (SSSR count). The molecule has 0 aliphatic rings. The molecular formula is C15H14N2O3S. The van der Waals surface area contributed by atoms with E-state index in [9.17, 15) is 15.0 Å². The number of phenols is 2. The van der Waals surface area contributed by atoms with Gasteiger partial charge in [0.15, 0.2) is 0 Å². The van der Waals surface area contributed by atoms with Gasteiger partial charge < -0.3 is 21.3 Å². The highest BCUT2D eigenvalue weighted by Crippen LogP contribution is 2.21.